The van der Waals surface area contributed by atoms with Crippen molar-refractivity contribution in [2.24, 2.45) is 10.4 Å². The molecule has 0 unspecified atom stereocenters. The quantitative estimate of drug-likeness (QED) is 0.383. The maximum atomic E-state index is 11.4. The fourth-order valence-electron chi connectivity index (χ4n) is 4.66. The molecule has 0 atom stereocenters. The number of piperazine rings is 1. The number of nitrogens with zero attached hydrogens (tertiary/aromatic N) is 4. The number of guanidine groups is 1. The highest BCUT2D eigenvalue weighted by molar-refractivity contribution is 14.0. The maximum Gasteiger partial charge on any atom is 0.219 e. The molecule has 0 radical (unpaired) electrons. The molecule has 3 fully saturated rings. The normalized spacial score (nSPS) is 23.4. The fraction of sp³-hybridized carbons (Fsp3) is 0.895. The van der Waals surface area contributed by atoms with E-state index in [2.05, 4.69) is 22.0 Å². The van der Waals surface area contributed by atoms with Crippen molar-refractivity contribution >= 4 is 35.8 Å². The molecule has 7 heteroatoms. The van der Waals surface area contributed by atoms with E-state index < -0.39 is 0 Å². The van der Waals surface area contributed by atoms with Gasteiger partial charge < -0.3 is 15.1 Å². The van der Waals surface area contributed by atoms with Crippen LogP contribution in [-0.4, -0.2) is 85.5 Å². The third-order valence-corrected chi connectivity index (χ3v) is 6.23. The van der Waals surface area contributed by atoms with Crippen molar-refractivity contribution < 1.29 is 4.79 Å². The molecule has 3 aliphatic rings. The third kappa shape index (κ3) is 5.47. The summed E-state index contributed by atoms with van der Waals surface area (Å²) < 4.78 is 0. The standard InChI is InChI=1S/C19H35N5O.HI/c1-3-20-18(24-10-8-19(16-24)6-4-5-7-19)21-9-11-22-12-14-23(15-13-22)17(2)25;/h3-16H2,1-2H3,(H,20,21);1H. The zero-order chi connectivity index (χ0) is 17.7. The first-order valence-electron chi connectivity index (χ1n) is 10.1. The highest BCUT2D eigenvalue weighted by Gasteiger charge is 2.41. The molecule has 6 nitrogen and oxygen atoms in total. The summed E-state index contributed by atoms with van der Waals surface area (Å²) in [5, 5.41) is 3.50. The van der Waals surface area contributed by atoms with Gasteiger partial charge in [0.15, 0.2) is 5.96 Å². The van der Waals surface area contributed by atoms with Crippen LogP contribution in [-0.2, 0) is 4.79 Å². The Balaban J connectivity index is 0.00000243. The molecule has 1 amide bonds. The molecule has 150 valence electrons. The number of aliphatic imine (C=N–C) groups is 1. The second-order valence-electron chi connectivity index (χ2n) is 7.96. The molecule has 0 aromatic rings. The summed E-state index contributed by atoms with van der Waals surface area (Å²) in [6, 6.07) is 0. The van der Waals surface area contributed by atoms with E-state index in [9.17, 15) is 4.79 Å². The Labute approximate surface area is 175 Å². The second-order valence-corrected chi connectivity index (χ2v) is 7.96. The number of rotatable bonds is 4. The molecule has 1 saturated carbocycles. The summed E-state index contributed by atoms with van der Waals surface area (Å²) in [5.41, 5.74) is 0.583. The number of hydrogen-bond acceptors (Lipinski definition) is 3. The minimum Gasteiger partial charge on any atom is -0.357 e. The molecule has 1 N–H and O–H groups in total. The molecule has 0 bridgehead atoms. The summed E-state index contributed by atoms with van der Waals surface area (Å²) in [4.78, 5) is 23.2. The van der Waals surface area contributed by atoms with Gasteiger partial charge in [0.2, 0.25) is 5.91 Å². The van der Waals surface area contributed by atoms with Gasteiger partial charge in [0.25, 0.3) is 0 Å². The summed E-state index contributed by atoms with van der Waals surface area (Å²) in [6.45, 7) is 12.6. The van der Waals surface area contributed by atoms with Crippen LogP contribution in [0.15, 0.2) is 4.99 Å². The van der Waals surface area contributed by atoms with Crippen molar-refractivity contribution in [2.75, 3.05) is 58.9 Å². The van der Waals surface area contributed by atoms with E-state index >= 15 is 0 Å². The predicted octanol–water partition coefficient (Wildman–Crippen LogP) is 2.00. The number of likely N-dealkylation sites (tertiary alicyclic amines) is 1. The Bertz CT molecular complexity index is 484. The number of carbonyl (C=O) groups excluding carboxylic acids is 1. The van der Waals surface area contributed by atoms with E-state index in [0.29, 0.717) is 5.41 Å². The van der Waals surface area contributed by atoms with E-state index in [-0.39, 0.29) is 29.9 Å². The monoisotopic (exact) mass is 477 g/mol. The van der Waals surface area contributed by atoms with Crippen molar-refractivity contribution in [2.45, 2.75) is 46.0 Å². The number of halogens is 1. The molecule has 0 aromatic carbocycles. The number of nitrogens with one attached hydrogen (secondary N) is 1. The van der Waals surface area contributed by atoms with Crippen LogP contribution in [0.2, 0.25) is 0 Å². The van der Waals surface area contributed by atoms with Crippen molar-refractivity contribution in [3.05, 3.63) is 0 Å². The van der Waals surface area contributed by atoms with Crippen LogP contribution in [0.4, 0.5) is 0 Å². The molecular weight excluding hydrogens is 441 g/mol. The molecule has 2 heterocycles. The highest BCUT2D eigenvalue weighted by atomic mass is 127. The van der Waals surface area contributed by atoms with Crippen LogP contribution in [0.3, 0.4) is 0 Å². The first-order chi connectivity index (χ1) is 12.1. The molecular formula is C19H36IN5O. The van der Waals surface area contributed by atoms with Gasteiger partial charge in [0.05, 0.1) is 6.54 Å². The van der Waals surface area contributed by atoms with Gasteiger partial charge in [-0.15, -0.1) is 24.0 Å². The summed E-state index contributed by atoms with van der Waals surface area (Å²) in [5.74, 6) is 1.30. The second kappa shape index (κ2) is 10.1. The molecule has 26 heavy (non-hydrogen) atoms. The lowest BCUT2D eigenvalue weighted by Crippen LogP contribution is -2.48. The van der Waals surface area contributed by atoms with Crippen LogP contribution < -0.4 is 5.32 Å². The lowest BCUT2D eigenvalue weighted by Gasteiger charge is -2.34. The van der Waals surface area contributed by atoms with E-state index in [1.54, 1.807) is 6.92 Å². The third-order valence-electron chi connectivity index (χ3n) is 6.23. The van der Waals surface area contributed by atoms with Crippen LogP contribution in [0, 0.1) is 5.41 Å². The van der Waals surface area contributed by atoms with Gasteiger partial charge in [-0.2, -0.15) is 0 Å². The topological polar surface area (TPSA) is 51.2 Å². The van der Waals surface area contributed by atoms with Gasteiger partial charge in [-0.25, -0.2) is 0 Å². The Morgan fingerprint density at radius 2 is 1.73 bits per heavy atom. The van der Waals surface area contributed by atoms with Gasteiger partial charge in [-0.05, 0) is 31.6 Å². The molecule has 2 saturated heterocycles. The van der Waals surface area contributed by atoms with E-state index in [1.807, 2.05) is 4.90 Å². The lowest BCUT2D eigenvalue weighted by atomic mass is 9.86. The fourth-order valence-corrected chi connectivity index (χ4v) is 4.66. The first-order valence-corrected chi connectivity index (χ1v) is 10.1. The van der Waals surface area contributed by atoms with Crippen LogP contribution >= 0.6 is 24.0 Å². The summed E-state index contributed by atoms with van der Waals surface area (Å²) in [7, 11) is 0. The van der Waals surface area contributed by atoms with Gasteiger partial charge in [-0.1, -0.05) is 12.8 Å². The largest absolute Gasteiger partial charge is 0.357 e. The molecule has 1 spiro atoms. The minimum atomic E-state index is 0. The predicted molar refractivity (Wildman–Crippen MR) is 117 cm³/mol. The SMILES string of the molecule is CCNC(=NCCN1CCN(C(C)=O)CC1)N1CCC2(CCCC2)C1.I. The van der Waals surface area contributed by atoms with Crippen LogP contribution in [0.1, 0.15) is 46.0 Å². The summed E-state index contributed by atoms with van der Waals surface area (Å²) in [6.07, 6.45) is 6.97. The van der Waals surface area contributed by atoms with Crippen molar-refractivity contribution in [3.63, 3.8) is 0 Å². The molecule has 1 aliphatic carbocycles. The average Bonchev–Trinajstić information content (AvgIpc) is 3.25. The van der Waals surface area contributed by atoms with Gasteiger partial charge in [0, 0.05) is 59.3 Å². The Morgan fingerprint density at radius 3 is 2.35 bits per heavy atom. The molecule has 0 aromatic heterocycles. The zero-order valence-corrected chi connectivity index (χ0v) is 18.8. The van der Waals surface area contributed by atoms with Gasteiger partial charge in [-0.3, -0.25) is 14.7 Å². The number of carbonyl (C=O) groups is 1. The average molecular weight is 477 g/mol. The van der Waals surface area contributed by atoms with Gasteiger partial charge in [0.1, 0.15) is 0 Å². The van der Waals surface area contributed by atoms with E-state index in [4.69, 9.17) is 4.99 Å². The van der Waals surface area contributed by atoms with E-state index in [0.717, 1.165) is 58.3 Å². The van der Waals surface area contributed by atoms with Crippen molar-refractivity contribution in [3.8, 4) is 0 Å². The Kier molecular flexibility index (Phi) is 8.44. The Hall–Kier alpha value is -0.570. The zero-order valence-electron chi connectivity index (χ0n) is 16.5. The van der Waals surface area contributed by atoms with Crippen molar-refractivity contribution in [1.29, 1.82) is 0 Å². The van der Waals surface area contributed by atoms with Crippen LogP contribution in [0.5, 0.6) is 0 Å². The molecule has 3 rings (SSSR count). The number of amides is 1. The van der Waals surface area contributed by atoms with Crippen LogP contribution in [0.25, 0.3) is 0 Å². The minimum absolute atomic E-state index is 0. The molecule has 2 aliphatic heterocycles. The maximum absolute atomic E-state index is 11.4. The first kappa shape index (κ1) is 21.7. The summed E-state index contributed by atoms with van der Waals surface area (Å²) >= 11 is 0. The lowest BCUT2D eigenvalue weighted by molar-refractivity contribution is -0.130. The van der Waals surface area contributed by atoms with Gasteiger partial charge >= 0.3 is 0 Å². The smallest absolute Gasteiger partial charge is 0.219 e. The number of hydrogen-bond donors (Lipinski definition) is 1. The highest BCUT2D eigenvalue weighted by Crippen LogP contribution is 2.45. The van der Waals surface area contributed by atoms with E-state index in [1.165, 1.54) is 38.6 Å². The van der Waals surface area contributed by atoms with Crippen molar-refractivity contribution in [1.82, 2.24) is 20.0 Å². The Morgan fingerprint density at radius 1 is 1.04 bits per heavy atom.